The molecule has 6 heteroatoms. The van der Waals surface area contributed by atoms with Gasteiger partial charge in [-0.15, -0.1) is 0 Å². The van der Waals surface area contributed by atoms with Gasteiger partial charge in [-0.25, -0.2) is 0 Å². The van der Waals surface area contributed by atoms with E-state index >= 15 is 0 Å². The number of primary amides is 1. The van der Waals surface area contributed by atoms with Gasteiger partial charge in [-0.05, 0) is 48.7 Å². The third kappa shape index (κ3) is 3.21. The first-order valence-corrected chi connectivity index (χ1v) is 9.44. The maximum absolute atomic E-state index is 12.3. The van der Waals surface area contributed by atoms with Crippen LogP contribution in [0.1, 0.15) is 39.8 Å². The summed E-state index contributed by atoms with van der Waals surface area (Å²) in [6.45, 7) is 4.79. The van der Waals surface area contributed by atoms with Crippen LogP contribution < -0.4 is 15.2 Å². The number of rotatable bonds is 5. The highest BCUT2D eigenvalue weighted by molar-refractivity contribution is 6.02. The van der Waals surface area contributed by atoms with E-state index in [0.717, 1.165) is 46.0 Å². The third-order valence-corrected chi connectivity index (χ3v) is 5.29. The van der Waals surface area contributed by atoms with Crippen molar-refractivity contribution in [2.45, 2.75) is 26.8 Å². The zero-order valence-electron chi connectivity index (χ0n) is 16.4. The Balaban J connectivity index is 1.84. The molecule has 2 heterocycles. The lowest BCUT2D eigenvalue weighted by Gasteiger charge is -2.12. The van der Waals surface area contributed by atoms with Crippen molar-refractivity contribution in [1.29, 1.82) is 5.26 Å². The summed E-state index contributed by atoms with van der Waals surface area (Å²) in [7, 11) is 0. The van der Waals surface area contributed by atoms with Crippen molar-refractivity contribution in [3.63, 3.8) is 0 Å². The number of nitriles is 1. The summed E-state index contributed by atoms with van der Waals surface area (Å²) in [5.74, 6) is 1.01. The average molecular weight is 387 g/mol. The molecule has 0 fully saturated rings. The topological polar surface area (TPSA) is 90.3 Å². The predicted molar refractivity (Wildman–Crippen MR) is 109 cm³/mol. The van der Waals surface area contributed by atoms with Gasteiger partial charge in [0.25, 0.3) is 5.91 Å². The van der Waals surface area contributed by atoms with E-state index in [1.165, 1.54) is 0 Å². The summed E-state index contributed by atoms with van der Waals surface area (Å²) in [4.78, 5) is 12.3. The molecule has 0 radical (unpaired) electrons. The molecule has 3 aromatic rings. The quantitative estimate of drug-likeness (QED) is 0.721. The van der Waals surface area contributed by atoms with Gasteiger partial charge in [0.2, 0.25) is 6.79 Å². The van der Waals surface area contributed by atoms with Gasteiger partial charge in [-0.2, -0.15) is 5.26 Å². The summed E-state index contributed by atoms with van der Waals surface area (Å²) >= 11 is 0. The zero-order valence-corrected chi connectivity index (χ0v) is 16.4. The van der Waals surface area contributed by atoms with Crippen LogP contribution in [0.5, 0.6) is 11.5 Å². The number of amides is 1. The summed E-state index contributed by atoms with van der Waals surface area (Å²) in [6, 6.07) is 15.2. The van der Waals surface area contributed by atoms with Crippen LogP contribution in [-0.2, 0) is 13.0 Å². The number of carbonyl (C=O) groups excluding carboxylic acids is 1. The molecule has 0 saturated heterocycles. The average Bonchev–Trinajstić information content (AvgIpc) is 3.30. The molecule has 2 N–H and O–H groups in total. The van der Waals surface area contributed by atoms with Crippen LogP contribution in [0.2, 0.25) is 0 Å². The van der Waals surface area contributed by atoms with Crippen LogP contribution in [-0.4, -0.2) is 17.3 Å². The molecular weight excluding hydrogens is 366 g/mol. The number of aromatic nitrogens is 1. The third-order valence-electron chi connectivity index (χ3n) is 5.29. The van der Waals surface area contributed by atoms with Crippen molar-refractivity contribution in [2.75, 3.05) is 6.79 Å². The molecule has 2 aromatic carbocycles. The zero-order chi connectivity index (χ0) is 20.5. The fourth-order valence-electron chi connectivity index (χ4n) is 3.92. The van der Waals surface area contributed by atoms with Crippen LogP contribution in [0, 0.1) is 18.3 Å². The maximum Gasteiger partial charge on any atom is 0.251 e. The van der Waals surface area contributed by atoms with E-state index in [2.05, 4.69) is 17.6 Å². The van der Waals surface area contributed by atoms with E-state index in [-0.39, 0.29) is 6.79 Å². The lowest BCUT2D eigenvalue weighted by Crippen LogP contribution is -2.13. The highest BCUT2D eigenvalue weighted by Crippen LogP contribution is 2.36. The first-order chi connectivity index (χ1) is 14.0. The standard InChI is InChI=1S/C23H21N3O3/c1-3-18-22(17-7-4-15(11-24)5-8-17)21(23(25)27)14(2)26(18)12-16-6-9-19-20(10-16)29-13-28-19/h4-10H,3,12-13H2,1-2H3,(H2,25,27). The van der Waals surface area contributed by atoms with E-state index in [1.54, 1.807) is 12.1 Å². The summed E-state index contributed by atoms with van der Waals surface area (Å²) in [6.07, 6.45) is 0.730. The highest BCUT2D eigenvalue weighted by atomic mass is 16.7. The van der Waals surface area contributed by atoms with Crippen LogP contribution in [0.15, 0.2) is 42.5 Å². The molecule has 0 saturated carbocycles. The van der Waals surface area contributed by atoms with Crippen molar-refractivity contribution in [3.05, 3.63) is 70.5 Å². The Morgan fingerprint density at radius 1 is 1.17 bits per heavy atom. The van der Waals surface area contributed by atoms with Crippen LogP contribution in [0.3, 0.4) is 0 Å². The first-order valence-electron chi connectivity index (χ1n) is 9.44. The molecular formula is C23H21N3O3. The van der Waals surface area contributed by atoms with Crippen LogP contribution in [0.4, 0.5) is 0 Å². The normalized spacial score (nSPS) is 12.0. The van der Waals surface area contributed by atoms with Gasteiger partial charge in [0.05, 0.1) is 17.2 Å². The van der Waals surface area contributed by atoms with E-state index in [1.807, 2.05) is 37.3 Å². The molecule has 0 atom stereocenters. The number of nitrogens with zero attached hydrogens (tertiary/aromatic N) is 2. The molecule has 1 aromatic heterocycles. The largest absolute Gasteiger partial charge is 0.454 e. The minimum atomic E-state index is -0.457. The summed E-state index contributed by atoms with van der Waals surface area (Å²) in [5.41, 5.74) is 11.5. The number of hydrogen-bond acceptors (Lipinski definition) is 4. The molecule has 4 rings (SSSR count). The molecule has 146 valence electrons. The molecule has 1 aliphatic heterocycles. The van der Waals surface area contributed by atoms with E-state index in [9.17, 15) is 4.79 Å². The first kappa shape index (κ1) is 18.6. The van der Waals surface area contributed by atoms with Gasteiger partial charge in [0, 0.05) is 23.5 Å². The van der Waals surface area contributed by atoms with Crippen molar-refractivity contribution < 1.29 is 14.3 Å². The molecule has 0 aliphatic carbocycles. The lowest BCUT2D eigenvalue weighted by atomic mass is 9.98. The van der Waals surface area contributed by atoms with E-state index < -0.39 is 5.91 Å². The molecule has 1 aliphatic rings. The van der Waals surface area contributed by atoms with Gasteiger partial charge >= 0.3 is 0 Å². The minimum absolute atomic E-state index is 0.232. The minimum Gasteiger partial charge on any atom is -0.454 e. The van der Waals surface area contributed by atoms with Crippen molar-refractivity contribution in [3.8, 4) is 28.7 Å². The maximum atomic E-state index is 12.3. The van der Waals surface area contributed by atoms with Crippen molar-refractivity contribution in [1.82, 2.24) is 4.57 Å². The molecule has 1 amide bonds. The van der Waals surface area contributed by atoms with Crippen molar-refractivity contribution >= 4 is 5.91 Å². The monoisotopic (exact) mass is 387 g/mol. The van der Waals surface area contributed by atoms with Crippen LogP contribution >= 0.6 is 0 Å². The van der Waals surface area contributed by atoms with E-state index in [4.69, 9.17) is 20.5 Å². The van der Waals surface area contributed by atoms with Gasteiger partial charge in [0.1, 0.15) is 0 Å². The Kier molecular flexibility index (Phi) is 4.73. The SMILES string of the molecule is CCc1c(-c2ccc(C#N)cc2)c(C(N)=O)c(C)n1Cc1ccc2c(c1)OCO2. The number of ether oxygens (including phenoxy) is 2. The lowest BCUT2D eigenvalue weighted by molar-refractivity contribution is 0.1000. The number of fused-ring (bicyclic) bond motifs is 1. The molecule has 6 nitrogen and oxygen atoms in total. The second-order valence-corrected chi connectivity index (χ2v) is 6.96. The summed E-state index contributed by atoms with van der Waals surface area (Å²) in [5, 5.41) is 9.07. The Morgan fingerprint density at radius 2 is 1.90 bits per heavy atom. The second-order valence-electron chi connectivity index (χ2n) is 6.96. The summed E-state index contributed by atoms with van der Waals surface area (Å²) < 4.78 is 13.0. The van der Waals surface area contributed by atoms with Gasteiger partial charge < -0.3 is 19.8 Å². The fourth-order valence-corrected chi connectivity index (χ4v) is 3.92. The molecule has 0 spiro atoms. The van der Waals surface area contributed by atoms with Crippen LogP contribution in [0.25, 0.3) is 11.1 Å². The second kappa shape index (κ2) is 7.36. The molecule has 29 heavy (non-hydrogen) atoms. The molecule has 0 bridgehead atoms. The predicted octanol–water partition coefficient (Wildman–Crippen LogP) is 3.77. The Bertz CT molecular complexity index is 1140. The fraction of sp³-hybridized carbons (Fsp3) is 0.217. The number of nitrogens with two attached hydrogens (primary N) is 1. The number of carbonyl (C=O) groups is 1. The van der Waals surface area contributed by atoms with Gasteiger partial charge in [0.15, 0.2) is 11.5 Å². The molecule has 0 unspecified atom stereocenters. The number of hydrogen-bond donors (Lipinski definition) is 1. The Labute approximate surface area is 169 Å². The van der Waals surface area contributed by atoms with Gasteiger partial charge in [-0.3, -0.25) is 4.79 Å². The van der Waals surface area contributed by atoms with Crippen molar-refractivity contribution in [2.24, 2.45) is 5.73 Å². The van der Waals surface area contributed by atoms with Gasteiger partial charge in [-0.1, -0.05) is 25.1 Å². The Hall–Kier alpha value is -3.72. The smallest absolute Gasteiger partial charge is 0.251 e. The van der Waals surface area contributed by atoms with E-state index in [0.29, 0.717) is 17.7 Å². The highest BCUT2D eigenvalue weighted by Gasteiger charge is 2.24. The number of benzene rings is 2. The Morgan fingerprint density at radius 3 is 2.55 bits per heavy atom.